The molecule has 4 atom stereocenters. The average Bonchev–Trinajstić information content (AvgIpc) is 3.15. The van der Waals surface area contributed by atoms with Crippen LogP contribution in [0, 0.1) is 11.8 Å². The number of primary amides is 1. The lowest BCUT2D eigenvalue weighted by Crippen LogP contribution is -2.61. The topological polar surface area (TPSA) is 77.7 Å². The van der Waals surface area contributed by atoms with Gasteiger partial charge in [0.15, 0.2) is 0 Å². The van der Waals surface area contributed by atoms with Gasteiger partial charge in [-0.2, -0.15) is 0 Å². The zero-order chi connectivity index (χ0) is 17.4. The fourth-order valence-corrected chi connectivity index (χ4v) is 5.31. The van der Waals surface area contributed by atoms with Crippen LogP contribution in [0.3, 0.4) is 0 Å². The molecule has 136 valence electrons. The molecule has 1 aliphatic carbocycles. The maximum absolute atomic E-state index is 11.6. The second-order valence-corrected chi connectivity index (χ2v) is 7.59. The third-order valence-electron chi connectivity index (χ3n) is 6.45. The van der Waals surface area contributed by atoms with Crippen LogP contribution in [0.2, 0.25) is 0 Å². The molecule has 4 rings (SSSR count). The molecule has 0 aromatic carbocycles. The number of fused-ring (bicyclic) bond motifs is 2. The van der Waals surface area contributed by atoms with Gasteiger partial charge in [0.25, 0.3) is 5.91 Å². The van der Waals surface area contributed by atoms with Gasteiger partial charge >= 0.3 is 0 Å². The molecule has 0 radical (unpaired) electrons. The molecule has 3 fully saturated rings. The zero-order valence-electron chi connectivity index (χ0n) is 14.8. The monoisotopic (exact) mass is 345 g/mol. The molecule has 2 N–H and O–H groups in total. The highest BCUT2D eigenvalue weighted by molar-refractivity contribution is 5.90. The number of carbonyl (C=O) groups excluding carboxylic acids is 1. The van der Waals surface area contributed by atoms with E-state index in [9.17, 15) is 4.79 Å². The summed E-state index contributed by atoms with van der Waals surface area (Å²) in [6, 6.07) is 4.37. The van der Waals surface area contributed by atoms with Crippen molar-refractivity contribution in [1.82, 2.24) is 9.88 Å². The van der Waals surface area contributed by atoms with Crippen molar-refractivity contribution < 1.29 is 14.3 Å². The highest BCUT2D eigenvalue weighted by Gasteiger charge is 2.54. The molecule has 1 aromatic heterocycles. The molecule has 3 aliphatic rings. The fourth-order valence-electron chi connectivity index (χ4n) is 5.31. The molecule has 2 saturated heterocycles. The number of amides is 1. The lowest BCUT2D eigenvalue weighted by Gasteiger charge is -2.56. The molecule has 6 nitrogen and oxygen atoms in total. The van der Waals surface area contributed by atoms with Crippen molar-refractivity contribution in [1.29, 1.82) is 0 Å². The van der Waals surface area contributed by atoms with Gasteiger partial charge in [0.05, 0.1) is 6.61 Å². The Labute approximate surface area is 148 Å². The van der Waals surface area contributed by atoms with Gasteiger partial charge < -0.3 is 15.2 Å². The smallest absolute Gasteiger partial charge is 0.267 e. The van der Waals surface area contributed by atoms with E-state index in [0.29, 0.717) is 23.6 Å². The predicted octanol–water partition coefficient (Wildman–Crippen LogP) is 1.54. The number of methoxy groups -OCH3 is 1. The number of carbonyl (C=O) groups is 1. The number of hydrogen-bond donors (Lipinski definition) is 1. The summed E-state index contributed by atoms with van der Waals surface area (Å²) in [6.07, 6.45) is 6.33. The number of ether oxygens (including phenoxy) is 2. The molecular formula is C19H27N3O3. The highest BCUT2D eigenvalue weighted by Crippen LogP contribution is 2.52. The molecule has 2 bridgehead atoms. The number of rotatable bonds is 4. The third kappa shape index (κ3) is 2.76. The van der Waals surface area contributed by atoms with Crippen LogP contribution in [-0.4, -0.2) is 55.2 Å². The minimum absolute atomic E-state index is 0.318. The van der Waals surface area contributed by atoms with Gasteiger partial charge in [0.1, 0.15) is 11.3 Å². The maximum Gasteiger partial charge on any atom is 0.267 e. The molecule has 1 saturated carbocycles. The number of pyridine rings is 1. The van der Waals surface area contributed by atoms with Crippen molar-refractivity contribution >= 4 is 5.91 Å². The summed E-state index contributed by atoms with van der Waals surface area (Å²) >= 11 is 0. The first-order valence-electron chi connectivity index (χ1n) is 9.28. The van der Waals surface area contributed by atoms with Gasteiger partial charge in [0.2, 0.25) is 0 Å². The van der Waals surface area contributed by atoms with E-state index in [-0.39, 0.29) is 5.60 Å². The third-order valence-corrected chi connectivity index (χ3v) is 6.45. The summed E-state index contributed by atoms with van der Waals surface area (Å²) in [6.45, 7) is 3.76. The molecular weight excluding hydrogens is 318 g/mol. The van der Waals surface area contributed by atoms with Crippen molar-refractivity contribution in [2.24, 2.45) is 17.6 Å². The van der Waals surface area contributed by atoms with E-state index in [4.69, 9.17) is 15.2 Å². The zero-order valence-corrected chi connectivity index (χ0v) is 14.8. The first-order valence-corrected chi connectivity index (χ1v) is 9.28. The Kier molecular flexibility index (Phi) is 4.52. The van der Waals surface area contributed by atoms with Gasteiger partial charge in [0, 0.05) is 50.9 Å². The number of nitrogens with two attached hydrogens (primary N) is 1. The Morgan fingerprint density at radius 1 is 1.36 bits per heavy atom. The Morgan fingerprint density at radius 2 is 2.12 bits per heavy atom. The number of aromatic nitrogens is 1. The van der Waals surface area contributed by atoms with Crippen molar-refractivity contribution in [3.63, 3.8) is 0 Å². The van der Waals surface area contributed by atoms with Crippen molar-refractivity contribution in [3.8, 4) is 0 Å². The second-order valence-electron chi connectivity index (χ2n) is 7.59. The van der Waals surface area contributed by atoms with Crippen LogP contribution < -0.4 is 5.73 Å². The maximum atomic E-state index is 11.6. The summed E-state index contributed by atoms with van der Waals surface area (Å²) in [4.78, 5) is 18.3. The summed E-state index contributed by atoms with van der Waals surface area (Å²) < 4.78 is 11.8. The first kappa shape index (κ1) is 16.9. The first-order chi connectivity index (χ1) is 12.1. The van der Waals surface area contributed by atoms with E-state index in [1.54, 1.807) is 6.20 Å². The Bertz CT molecular complexity index is 631. The van der Waals surface area contributed by atoms with E-state index in [0.717, 1.165) is 51.1 Å². The van der Waals surface area contributed by atoms with E-state index in [1.807, 2.05) is 19.2 Å². The van der Waals surface area contributed by atoms with Crippen LogP contribution in [-0.2, 0) is 15.1 Å². The average molecular weight is 345 g/mol. The number of nitrogens with zero attached hydrogens (tertiary/aromatic N) is 2. The quantitative estimate of drug-likeness (QED) is 0.896. The van der Waals surface area contributed by atoms with E-state index in [2.05, 4.69) is 9.88 Å². The molecule has 0 spiro atoms. The van der Waals surface area contributed by atoms with Crippen molar-refractivity contribution in [2.45, 2.75) is 37.3 Å². The highest BCUT2D eigenvalue weighted by atomic mass is 16.5. The Morgan fingerprint density at radius 3 is 2.72 bits per heavy atom. The Balaban J connectivity index is 1.69. The fraction of sp³-hybridized carbons (Fsp3) is 0.684. The minimum atomic E-state index is -0.487. The number of hydrogen-bond acceptors (Lipinski definition) is 5. The van der Waals surface area contributed by atoms with Crippen LogP contribution in [0.1, 0.15) is 41.7 Å². The van der Waals surface area contributed by atoms with Crippen molar-refractivity contribution in [3.05, 3.63) is 29.6 Å². The lowest BCUT2D eigenvalue weighted by molar-refractivity contribution is -0.174. The van der Waals surface area contributed by atoms with E-state index in [1.165, 1.54) is 6.42 Å². The van der Waals surface area contributed by atoms with Crippen molar-refractivity contribution in [2.75, 3.05) is 33.4 Å². The minimum Gasteiger partial charge on any atom is -0.380 e. The summed E-state index contributed by atoms with van der Waals surface area (Å²) in [5.41, 5.74) is 6.48. The summed E-state index contributed by atoms with van der Waals surface area (Å²) in [5, 5.41) is 0. The molecule has 6 heteroatoms. The molecule has 1 aromatic rings. The van der Waals surface area contributed by atoms with Crippen LogP contribution in [0.4, 0.5) is 0 Å². The van der Waals surface area contributed by atoms with Gasteiger partial charge in [-0.25, -0.2) is 0 Å². The molecule has 3 heterocycles. The number of piperidine rings is 1. The van der Waals surface area contributed by atoms with E-state index < -0.39 is 5.91 Å². The summed E-state index contributed by atoms with van der Waals surface area (Å²) in [7, 11) is 1.81. The molecule has 0 unspecified atom stereocenters. The SMILES string of the molecule is CO[C@@]1(c2ccnc(C(N)=O)c2)[C@@H]2CCC[C@H]1CN([C@@H]1CCOC1)C2. The van der Waals surface area contributed by atoms with Gasteiger partial charge in [-0.1, -0.05) is 6.42 Å². The van der Waals surface area contributed by atoms with Crippen LogP contribution in [0.25, 0.3) is 0 Å². The van der Waals surface area contributed by atoms with Crippen LogP contribution in [0.15, 0.2) is 18.3 Å². The summed E-state index contributed by atoms with van der Waals surface area (Å²) in [5.74, 6) is 0.334. The predicted molar refractivity (Wildman–Crippen MR) is 93.1 cm³/mol. The van der Waals surface area contributed by atoms with Gasteiger partial charge in [-0.3, -0.25) is 14.7 Å². The largest absolute Gasteiger partial charge is 0.380 e. The standard InChI is InChI=1S/C19H27N3O3/c1-24-19(13-5-7-21-17(9-13)18(20)23)14-3-2-4-15(19)11-22(10-14)16-6-8-25-12-16/h5,7,9,14-16H,2-4,6,8,10-12H2,1H3,(H2,20,23)/t14-,15+,16-,19+/m1/s1. The van der Waals surface area contributed by atoms with Crippen LogP contribution in [0.5, 0.6) is 0 Å². The molecule has 1 amide bonds. The lowest BCUT2D eigenvalue weighted by atomic mass is 9.62. The van der Waals surface area contributed by atoms with Crippen LogP contribution >= 0.6 is 0 Å². The normalized spacial score (nSPS) is 35.6. The van der Waals surface area contributed by atoms with Gasteiger partial charge in [-0.15, -0.1) is 0 Å². The molecule has 2 aliphatic heterocycles. The van der Waals surface area contributed by atoms with Gasteiger partial charge in [-0.05, 0) is 37.0 Å². The van der Waals surface area contributed by atoms with E-state index >= 15 is 0 Å². The second kappa shape index (κ2) is 6.67. The molecule has 25 heavy (non-hydrogen) atoms. The number of likely N-dealkylation sites (tertiary alicyclic amines) is 1. The Hall–Kier alpha value is -1.50.